The summed E-state index contributed by atoms with van der Waals surface area (Å²) in [4.78, 5) is 27.7. The van der Waals surface area contributed by atoms with E-state index in [1.165, 1.54) is 11.0 Å². The Hall–Kier alpha value is -3.29. The number of pyridine rings is 1. The third kappa shape index (κ3) is 2.81. The molecular formula is C20H20N6O2. The summed E-state index contributed by atoms with van der Waals surface area (Å²) in [5.74, 6) is 0.441. The quantitative estimate of drug-likeness (QED) is 0.683. The zero-order valence-corrected chi connectivity index (χ0v) is 15.3. The molecule has 8 heteroatoms. The highest BCUT2D eigenvalue weighted by Crippen LogP contribution is 2.36. The van der Waals surface area contributed by atoms with Crippen molar-refractivity contribution in [2.24, 2.45) is 5.92 Å². The van der Waals surface area contributed by atoms with Crippen LogP contribution in [0.15, 0.2) is 59.7 Å². The molecule has 3 aromatic rings. The third-order valence-corrected chi connectivity index (χ3v) is 5.77. The maximum absolute atomic E-state index is 13.5. The molecular weight excluding hydrogens is 356 g/mol. The van der Waals surface area contributed by atoms with Crippen LogP contribution < -0.4 is 5.56 Å². The lowest BCUT2D eigenvalue weighted by atomic mass is 9.82. The van der Waals surface area contributed by atoms with E-state index in [1.807, 2.05) is 51.9 Å². The molecule has 2 aliphatic heterocycles. The average Bonchev–Trinajstić information content (AvgIpc) is 3.24. The van der Waals surface area contributed by atoms with Gasteiger partial charge in [-0.2, -0.15) is 0 Å². The number of amides is 1. The second-order valence-corrected chi connectivity index (χ2v) is 7.54. The molecule has 0 spiro atoms. The molecule has 1 fully saturated rings. The van der Waals surface area contributed by atoms with Gasteiger partial charge in [0.1, 0.15) is 6.33 Å². The molecule has 1 amide bonds. The molecule has 0 radical (unpaired) electrons. The minimum atomic E-state index is -0.590. The first-order chi connectivity index (χ1) is 13.7. The summed E-state index contributed by atoms with van der Waals surface area (Å²) in [5, 5.41) is 11.4. The van der Waals surface area contributed by atoms with Gasteiger partial charge in [-0.3, -0.25) is 9.59 Å². The van der Waals surface area contributed by atoms with Crippen molar-refractivity contribution >= 4 is 5.91 Å². The van der Waals surface area contributed by atoms with Crippen LogP contribution in [0, 0.1) is 5.92 Å². The van der Waals surface area contributed by atoms with E-state index in [0.29, 0.717) is 19.6 Å². The number of benzene rings is 1. The zero-order chi connectivity index (χ0) is 19.1. The topological polar surface area (TPSA) is 85.9 Å². The van der Waals surface area contributed by atoms with Crippen molar-refractivity contribution in [3.05, 3.63) is 76.5 Å². The minimum absolute atomic E-state index is 0.0140. The number of rotatable bonds is 3. The fourth-order valence-corrected chi connectivity index (χ4v) is 4.58. The van der Waals surface area contributed by atoms with Gasteiger partial charge in [0.15, 0.2) is 6.04 Å². The monoisotopic (exact) mass is 376 g/mol. The van der Waals surface area contributed by atoms with Crippen molar-refractivity contribution in [1.82, 2.24) is 29.7 Å². The van der Waals surface area contributed by atoms with Gasteiger partial charge in [0.2, 0.25) is 0 Å². The zero-order valence-electron chi connectivity index (χ0n) is 15.3. The summed E-state index contributed by atoms with van der Waals surface area (Å²) >= 11 is 0. The summed E-state index contributed by atoms with van der Waals surface area (Å²) in [6.07, 6.45) is 2.49. The molecule has 2 bridgehead atoms. The Morgan fingerprint density at radius 1 is 1.04 bits per heavy atom. The Morgan fingerprint density at radius 3 is 2.68 bits per heavy atom. The fourth-order valence-electron chi connectivity index (χ4n) is 4.58. The van der Waals surface area contributed by atoms with Crippen LogP contribution in [0.25, 0.3) is 0 Å². The molecule has 2 aliphatic rings. The normalized spacial score (nSPS) is 21.8. The number of aromatic nitrogens is 5. The molecule has 0 saturated carbocycles. The number of fused-ring (bicyclic) bond motifs is 4. The van der Waals surface area contributed by atoms with Gasteiger partial charge in [-0.25, -0.2) is 4.68 Å². The van der Waals surface area contributed by atoms with Gasteiger partial charge < -0.3 is 9.47 Å². The van der Waals surface area contributed by atoms with E-state index >= 15 is 0 Å². The molecule has 0 N–H and O–H groups in total. The van der Waals surface area contributed by atoms with Gasteiger partial charge in [0.25, 0.3) is 11.5 Å². The predicted octanol–water partition coefficient (Wildman–Crippen LogP) is 1.07. The highest BCUT2D eigenvalue weighted by Gasteiger charge is 2.39. The van der Waals surface area contributed by atoms with E-state index in [9.17, 15) is 9.59 Å². The van der Waals surface area contributed by atoms with E-state index in [4.69, 9.17) is 0 Å². The minimum Gasteiger partial charge on any atom is -0.340 e. The van der Waals surface area contributed by atoms with Crippen LogP contribution in [0.1, 0.15) is 29.6 Å². The summed E-state index contributed by atoms with van der Waals surface area (Å²) < 4.78 is 3.39. The van der Waals surface area contributed by atoms with E-state index in [2.05, 4.69) is 15.5 Å². The van der Waals surface area contributed by atoms with Crippen LogP contribution in [0.2, 0.25) is 0 Å². The Bertz CT molecular complexity index is 1050. The largest absolute Gasteiger partial charge is 0.340 e. The van der Waals surface area contributed by atoms with Crippen molar-refractivity contribution in [3.8, 4) is 0 Å². The van der Waals surface area contributed by atoms with Crippen molar-refractivity contribution < 1.29 is 4.79 Å². The van der Waals surface area contributed by atoms with Crippen LogP contribution in [-0.4, -0.2) is 48.7 Å². The van der Waals surface area contributed by atoms with Gasteiger partial charge in [-0.1, -0.05) is 36.4 Å². The van der Waals surface area contributed by atoms with E-state index in [1.54, 1.807) is 6.07 Å². The average molecular weight is 376 g/mol. The molecule has 1 saturated heterocycles. The SMILES string of the molecule is O=C([C@H](c1ccccc1)n1cnnn1)N1C[C@@H]2C[C@H](C1)c1cccc(=O)n1C2. The second-order valence-electron chi connectivity index (χ2n) is 7.54. The molecule has 28 heavy (non-hydrogen) atoms. The third-order valence-electron chi connectivity index (χ3n) is 5.77. The van der Waals surface area contributed by atoms with Crippen LogP contribution in [0.5, 0.6) is 0 Å². The van der Waals surface area contributed by atoms with Crippen molar-refractivity contribution in [2.45, 2.75) is 24.9 Å². The van der Waals surface area contributed by atoms with Gasteiger partial charge in [0.05, 0.1) is 0 Å². The maximum Gasteiger partial charge on any atom is 0.252 e. The Morgan fingerprint density at radius 2 is 1.89 bits per heavy atom. The van der Waals surface area contributed by atoms with Crippen LogP contribution in [0.4, 0.5) is 0 Å². The van der Waals surface area contributed by atoms with Crippen LogP contribution in [-0.2, 0) is 11.3 Å². The Labute approximate surface area is 161 Å². The number of carbonyl (C=O) groups is 1. The first-order valence-electron chi connectivity index (χ1n) is 9.46. The molecule has 4 heterocycles. The number of tetrazole rings is 1. The van der Waals surface area contributed by atoms with Gasteiger partial charge in [-0.05, 0) is 34.4 Å². The lowest BCUT2D eigenvalue weighted by Gasteiger charge is -2.43. The molecule has 142 valence electrons. The number of carbonyl (C=O) groups excluding carboxylic acids is 1. The Kier molecular flexibility index (Phi) is 4.03. The smallest absolute Gasteiger partial charge is 0.252 e. The highest BCUT2D eigenvalue weighted by molar-refractivity contribution is 5.83. The maximum atomic E-state index is 13.5. The first-order valence-corrected chi connectivity index (χ1v) is 9.46. The molecule has 2 aromatic heterocycles. The number of hydrogen-bond donors (Lipinski definition) is 0. The van der Waals surface area contributed by atoms with E-state index < -0.39 is 6.04 Å². The Balaban J connectivity index is 1.48. The number of likely N-dealkylation sites (tertiary alicyclic amines) is 1. The van der Waals surface area contributed by atoms with E-state index in [0.717, 1.165) is 17.7 Å². The standard InChI is InChI=1S/C20H20N6O2/c27-18-8-4-7-17-16-9-14(11-25(17)18)10-24(12-16)20(28)19(26-13-21-22-23-26)15-5-2-1-3-6-15/h1-8,13-14,16,19H,9-12H2/t14-,16+,19-/m0/s1. The van der Waals surface area contributed by atoms with Crippen LogP contribution >= 0.6 is 0 Å². The molecule has 3 atom stereocenters. The van der Waals surface area contributed by atoms with Gasteiger partial charge in [-0.15, -0.1) is 5.10 Å². The predicted molar refractivity (Wildman–Crippen MR) is 101 cm³/mol. The summed E-state index contributed by atoms with van der Waals surface area (Å²) in [5.41, 5.74) is 1.93. The van der Waals surface area contributed by atoms with Gasteiger partial charge in [0, 0.05) is 37.3 Å². The van der Waals surface area contributed by atoms with Crippen molar-refractivity contribution in [3.63, 3.8) is 0 Å². The molecule has 5 rings (SSSR count). The lowest BCUT2D eigenvalue weighted by molar-refractivity contribution is -0.136. The number of piperidine rings is 1. The van der Waals surface area contributed by atoms with Crippen molar-refractivity contribution in [1.29, 1.82) is 0 Å². The fraction of sp³-hybridized carbons (Fsp3) is 0.350. The molecule has 1 aromatic carbocycles. The summed E-state index contributed by atoms with van der Waals surface area (Å²) in [6.45, 7) is 1.90. The van der Waals surface area contributed by atoms with Crippen molar-refractivity contribution in [2.75, 3.05) is 13.1 Å². The van der Waals surface area contributed by atoms with Crippen LogP contribution in [0.3, 0.4) is 0 Å². The number of nitrogens with zero attached hydrogens (tertiary/aromatic N) is 6. The molecule has 8 nitrogen and oxygen atoms in total. The lowest BCUT2D eigenvalue weighted by Crippen LogP contribution is -2.51. The highest BCUT2D eigenvalue weighted by atomic mass is 16.2. The summed E-state index contributed by atoms with van der Waals surface area (Å²) in [6, 6.07) is 14.4. The summed E-state index contributed by atoms with van der Waals surface area (Å²) in [7, 11) is 0. The second kappa shape index (κ2) is 6.70. The molecule has 0 aliphatic carbocycles. The van der Waals surface area contributed by atoms with E-state index in [-0.39, 0.29) is 23.3 Å². The number of hydrogen-bond acceptors (Lipinski definition) is 5. The van der Waals surface area contributed by atoms with Gasteiger partial charge >= 0.3 is 0 Å². The first kappa shape index (κ1) is 16.9. The molecule has 0 unspecified atom stereocenters.